The highest BCUT2D eigenvalue weighted by molar-refractivity contribution is 7.90. The number of nitrogens with one attached hydrogen (secondary N) is 1. The molecule has 0 radical (unpaired) electrons. The first-order valence-corrected chi connectivity index (χ1v) is 15.7. The SMILES string of the molecule is Cc1cc(S(C)(=O)=O)ccc1Oc1ccc(CN2CCC(N(C(=O)Nc3ccc(F)cc3F)c3ccccc3)CC2)cn1.Cl. The van der Waals surface area contributed by atoms with Gasteiger partial charge >= 0.3 is 6.03 Å². The number of benzene rings is 3. The van der Waals surface area contributed by atoms with Gasteiger partial charge in [0.2, 0.25) is 5.88 Å². The number of aryl methyl sites for hydroxylation is 1. The number of carbonyl (C=O) groups is 1. The molecule has 4 aromatic rings. The lowest BCUT2D eigenvalue weighted by molar-refractivity contribution is 0.199. The summed E-state index contributed by atoms with van der Waals surface area (Å²) in [6, 6.07) is 20.1. The Morgan fingerprint density at radius 1 is 1.02 bits per heavy atom. The number of piperidine rings is 1. The lowest BCUT2D eigenvalue weighted by Crippen LogP contribution is -2.49. The molecular formula is C32H33ClF2N4O4S. The van der Waals surface area contributed by atoms with E-state index in [9.17, 15) is 22.0 Å². The first kappa shape index (κ1) is 32.8. The van der Waals surface area contributed by atoms with Gasteiger partial charge in [-0.05, 0) is 73.4 Å². The molecule has 2 amide bonds. The molecule has 0 unspecified atom stereocenters. The number of pyridine rings is 1. The van der Waals surface area contributed by atoms with Crippen LogP contribution in [0.2, 0.25) is 0 Å². The Bertz CT molecular complexity index is 1700. The Balaban J connectivity index is 0.00000442. The summed E-state index contributed by atoms with van der Waals surface area (Å²) in [5.74, 6) is -0.610. The Hall–Kier alpha value is -4.06. The third kappa shape index (κ3) is 8.10. The maximum atomic E-state index is 14.3. The van der Waals surface area contributed by atoms with E-state index in [2.05, 4.69) is 15.2 Å². The molecule has 1 aliphatic heterocycles. The standard InChI is InChI=1S/C32H32F2N4O4S.ClH/c1-22-18-27(43(2,40)41)10-12-30(22)42-31-13-8-23(20-35-31)21-37-16-14-26(15-17-37)38(25-6-4-3-5-7-25)32(39)36-29-11-9-24(33)19-28(29)34;/h3-13,18-20,26H,14-17,21H2,1-2H3,(H,36,39);1H. The second-order valence-electron chi connectivity index (χ2n) is 10.6. The Morgan fingerprint density at radius 2 is 1.75 bits per heavy atom. The molecule has 0 aliphatic carbocycles. The van der Waals surface area contributed by atoms with Gasteiger partial charge in [-0.15, -0.1) is 12.4 Å². The van der Waals surface area contributed by atoms with Crippen LogP contribution in [0.25, 0.3) is 0 Å². The van der Waals surface area contributed by atoms with Crippen molar-refractivity contribution in [1.82, 2.24) is 9.88 Å². The van der Waals surface area contributed by atoms with E-state index in [1.165, 1.54) is 18.4 Å². The Kier molecular flexibility index (Phi) is 10.6. The van der Waals surface area contributed by atoms with Crippen LogP contribution in [0.4, 0.5) is 25.0 Å². The number of ether oxygens (including phenoxy) is 1. The number of aromatic nitrogens is 1. The lowest BCUT2D eigenvalue weighted by Gasteiger charge is -2.38. The Morgan fingerprint density at radius 3 is 2.36 bits per heavy atom. The molecule has 0 atom stereocenters. The smallest absolute Gasteiger partial charge is 0.326 e. The van der Waals surface area contributed by atoms with Crippen LogP contribution in [0.3, 0.4) is 0 Å². The van der Waals surface area contributed by atoms with Gasteiger partial charge in [0.25, 0.3) is 0 Å². The Labute approximate surface area is 262 Å². The molecule has 1 aliphatic rings. The number of hydrogen-bond donors (Lipinski definition) is 1. The van der Waals surface area contributed by atoms with Gasteiger partial charge in [0, 0.05) is 55.9 Å². The van der Waals surface area contributed by atoms with E-state index in [0.717, 1.165) is 30.8 Å². The van der Waals surface area contributed by atoms with Gasteiger partial charge in [-0.1, -0.05) is 24.3 Å². The van der Waals surface area contributed by atoms with Crippen molar-refractivity contribution in [3.05, 3.63) is 108 Å². The number of sulfone groups is 1. The molecule has 232 valence electrons. The molecule has 2 heterocycles. The van der Waals surface area contributed by atoms with Crippen LogP contribution < -0.4 is 15.0 Å². The molecule has 5 rings (SSSR count). The predicted molar refractivity (Wildman–Crippen MR) is 168 cm³/mol. The van der Waals surface area contributed by atoms with Gasteiger partial charge in [0.1, 0.15) is 17.4 Å². The van der Waals surface area contributed by atoms with E-state index in [0.29, 0.717) is 42.3 Å². The van der Waals surface area contributed by atoms with Gasteiger partial charge in [0.05, 0.1) is 10.6 Å². The third-order valence-corrected chi connectivity index (χ3v) is 8.45. The minimum Gasteiger partial charge on any atom is -0.439 e. The third-order valence-electron chi connectivity index (χ3n) is 7.34. The molecule has 1 saturated heterocycles. The van der Waals surface area contributed by atoms with Crippen LogP contribution in [0.5, 0.6) is 11.6 Å². The van der Waals surface area contributed by atoms with Gasteiger partial charge in [-0.3, -0.25) is 9.80 Å². The number of hydrogen-bond acceptors (Lipinski definition) is 6. The fourth-order valence-electron chi connectivity index (χ4n) is 5.09. The zero-order chi connectivity index (χ0) is 30.6. The highest BCUT2D eigenvalue weighted by Gasteiger charge is 2.30. The quantitative estimate of drug-likeness (QED) is 0.223. The van der Waals surface area contributed by atoms with Crippen molar-refractivity contribution in [2.45, 2.75) is 37.2 Å². The van der Waals surface area contributed by atoms with Gasteiger partial charge < -0.3 is 10.1 Å². The average Bonchev–Trinajstić information content (AvgIpc) is 2.98. The summed E-state index contributed by atoms with van der Waals surface area (Å²) >= 11 is 0. The predicted octanol–water partition coefficient (Wildman–Crippen LogP) is 6.99. The molecule has 8 nitrogen and oxygen atoms in total. The van der Waals surface area contributed by atoms with Gasteiger partial charge in [-0.25, -0.2) is 27.0 Å². The largest absolute Gasteiger partial charge is 0.439 e. The molecule has 1 fully saturated rings. The van der Waals surface area contributed by atoms with Crippen molar-refractivity contribution in [3.63, 3.8) is 0 Å². The van der Waals surface area contributed by atoms with E-state index in [-0.39, 0.29) is 29.0 Å². The van der Waals surface area contributed by atoms with Crippen molar-refractivity contribution in [3.8, 4) is 11.6 Å². The van der Waals surface area contributed by atoms with Gasteiger partial charge in [-0.2, -0.15) is 0 Å². The number of carbonyl (C=O) groups excluding carboxylic acids is 1. The maximum Gasteiger partial charge on any atom is 0.326 e. The number of para-hydroxylation sites is 1. The molecule has 1 aromatic heterocycles. The minimum absolute atomic E-state index is 0. The highest BCUT2D eigenvalue weighted by atomic mass is 35.5. The number of amides is 2. The molecule has 3 aromatic carbocycles. The summed E-state index contributed by atoms with van der Waals surface area (Å²) in [7, 11) is -3.30. The minimum atomic E-state index is -3.30. The first-order valence-electron chi connectivity index (χ1n) is 13.8. The summed E-state index contributed by atoms with van der Waals surface area (Å²) in [4.78, 5) is 22.0. The highest BCUT2D eigenvalue weighted by Crippen LogP contribution is 2.28. The molecule has 0 bridgehead atoms. The number of halogens is 3. The van der Waals surface area contributed by atoms with Crippen LogP contribution in [-0.2, 0) is 16.4 Å². The molecule has 12 heteroatoms. The van der Waals surface area contributed by atoms with Crippen molar-refractivity contribution < 1.29 is 26.7 Å². The fourth-order valence-corrected chi connectivity index (χ4v) is 5.79. The van der Waals surface area contributed by atoms with Crippen molar-refractivity contribution in [2.75, 3.05) is 29.6 Å². The van der Waals surface area contributed by atoms with Crippen molar-refractivity contribution in [1.29, 1.82) is 0 Å². The van der Waals surface area contributed by atoms with E-state index < -0.39 is 27.5 Å². The molecular weight excluding hydrogens is 610 g/mol. The molecule has 1 N–H and O–H groups in total. The van der Waals surface area contributed by atoms with E-state index in [4.69, 9.17) is 4.74 Å². The van der Waals surface area contributed by atoms with Crippen LogP contribution >= 0.6 is 12.4 Å². The first-order chi connectivity index (χ1) is 20.6. The fraction of sp³-hybridized carbons (Fsp3) is 0.250. The van der Waals surface area contributed by atoms with Crippen LogP contribution in [0.15, 0.2) is 90.0 Å². The second kappa shape index (κ2) is 14.1. The summed E-state index contributed by atoms with van der Waals surface area (Å²) in [5.41, 5.74) is 2.31. The van der Waals surface area contributed by atoms with Crippen molar-refractivity contribution in [2.24, 2.45) is 0 Å². The number of anilines is 2. The second-order valence-corrected chi connectivity index (χ2v) is 12.6. The summed E-state index contributed by atoms with van der Waals surface area (Å²) in [6.07, 6.45) is 4.32. The van der Waals surface area contributed by atoms with Crippen LogP contribution in [0.1, 0.15) is 24.0 Å². The van der Waals surface area contributed by atoms with Crippen LogP contribution in [-0.4, -0.2) is 49.7 Å². The van der Waals surface area contributed by atoms with Crippen molar-refractivity contribution >= 4 is 39.7 Å². The summed E-state index contributed by atoms with van der Waals surface area (Å²) in [6.45, 7) is 3.92. The monoisotopic (exact) mass is 642 g/mol. The topological polar surface area (TPSA) is 91.8 Å². The number of nitrogens with zero attached hydrogens (tertiary/aromatic N) is 3. The molecule has 0 spiro atoms. The summed E-state index contributed by atoms with van der Waals surface area (Å²) < 4.78 is 57.1. The summed E-state index contributed by atoms with van der Waals surface area (Å²) in [5, 5.41) is 2.60. The zero-order valence-corrected chi connectivity index (χ0v) is 25.9. The number of rotatable bonds is 8. The van der Waals surface area contributed by atoms with E-state index >= 15 is 0 Å². The molecule has 44 heavy (non-hydrogen) atoms. The number of urea groups is 1. The van der Waals surface area contributed by atoms with E-state index in [1.54, 1.807) is 36.2 Å². The van der Waals surface area contributed by atoms with Gasteiger partial charge in [0.15, 0.2) is 9.84 Å². The maximum absolute atomic E-state index is 14.3. The van der Waals surface area contributed by atoms with Crippen LogP contribution in [0, 0.1) is 18.6 Å². The number of likely N-dealkylation sites (tertiary alicyclic amines) is 1. The molecule has 0 saturated carbocycles. The lowest BCUT2D eigenvalue weighted by atomic mass is 10.0. The van der Waals surface area contributed by atoms with E-state index in [1.807, 2.05) is 36.4 Å². The normalized spacial score (nSPS) is 14.0. The average molecular weight is 643 g/mol. The zero-order valence-electron chi connectivity index (χ0n) is 24.2.